The standard InChI is InChI=1S/C19H22ClN3O4S/c1-13(2)22-28(26,27)17-9-7-14(8-10-17)19(25)23(3)12-18(24)21-16-6-4-5-15(20)11-16/h4-11,13,22H,12H2,1-3H3,(H,21,24). The molecule has 0 fully saturated rings. The first kappa shape index (κ1) is 21.9. The number of hydrogen-bond acceptors (Lipinski definition) is 4. The van der Waals surface area contributed by atoms with Crippen molar-refractivity contribution in [2.24, 2.45) is 0 Å². The van der Waals surface area contributed by atoms with Crippen LogP contribution in [0.15, 0.2) is 53.4 Å². The molecule has 0 radical (unpaired) electrons. The lowest BCUT2D eigenvalue weighted by atomic mass is 10.2. The van der Waals surface area contributed by atoms with Gasteiger partial charge in [0.1, 0.15) is 0 Å². The molecule has 0 saturated carbocycles. The van der Waals surface area contributed by atoms with Crippen LogP contribution in [-0.4, -0.2) is 44.8 Å². The second-order valence-corrected chi connectivity index (χ2v) is 8.67. The highest BCUT2D eigenvalue weighted by Crippen LogP contribution is 2.15. The van der Waals surface area contributed by atoms with Crippen LogP contribution in [0.5, 0.6) is 0 Å². The molecule has 0 atom stereocenters. The number of benzene rings is 2. The second kappa shape index (κ2) is 9.18. The zero-order chi connectivity index (χ0) is 20.9. The van der Waals surface area contributed by atoms with Gasteiger partial charge in [0.2, 0.25) is 15.9 Å². The maximum Gasteiger partial charge on any atom is 0.254 e. The van der Waals surface area contributed by atoms with Gasteiger partial charge in [-0.15, -0.1) is 0 Å². The monoisotopic (exact) mass is 423 g/mol. The number of carbonyl (C=O) groups excluding carboxylic acids is 2. The first-order valence-electron chi connectivity index (χ1n) is 8.52. The van der Waals surface area contributed by atoms with Gasteiger partial charge < -0.3 is 10.2 Å². The zero-order valence-corrected chi connectivity index (χ0v) is 17.3. The third kappa shape index (κ3) is 6.05. The highest BCUT2D eigenvalue weighted by atomic mass is 35.5. The van der Waals surface area contributed by atoms with Crippen LogP contribution >= 0.6 is 11.6 Å². The van der Waals surface area contributed by atoms with Gasteiger partial charge in [0.05, 0.1) is 11.4 Å². The van der Waals surface area contributed by atoms with E-state index in [2.05, 4.69) is 10.0 Å². The van der Waals surface area contributed by atoms with E-state index in [4.69, 9.17) is 11.6 Å². The van der Waals surface area contributed by atoms with Gasteiger partial charge in [0.15, 0.2) is 0 Å². The fraction of sp³-hybridized carbons (Fsp3) is 0.263. The van der Waals surface area contributed by atoms with Gasteiger partial charge in [0.25, 0.3) is 5.91 Å². The highest BCUT2D eigenvalue weighted by molar-refractivity contribution is 7.89. The Morgan fingerprint density at radius 2 is 1.75 bits per heavy atom. The number of carbonyl (C=O) groups is 2. The zero-order valence-electron chi connectivity index (χ0n) is 15.8. The number of likely N-dealkylation sites (N-methyl/N-ethyl adjacent to an activating group) is 1. The fourth-order valence-corrected chi connectivity index (χ4v) is 3.87. The average molecular weight is 424 g/mol. The summed E-state index contributed by atoms with van der Waals surface area (Å²) in [6.45, 7) is 3.28. The van der Waals surface area contributed by atoms with Gasteiger partial charge in [-0.2, -0.15) is 0 Å². The molecule has 0 aromatic heterocycles. The van der Waals surface area contributed by atoms with Crippen molar-refractivity contribution in [3.63, 3.8) is 0 Å². The van der Waals surface area contributed by atoms with Crippen LogP contribution in [0.4, 0.5) is 5.69 Å². The summed E-state index contributed by atoms with van der Waals surface area (Å²) in [4.78, 5) is 25.9. The van der Waals surface area contributed by atoms with Crippen molar-refractivity contribution in [3.05, 3.63) is 59.1 Å². The summed E-state index contributed by atoms with van der Waals surface area (Å²) in [5, 5.41) is 3.15. The number of anilines is 1. The number of sulfonamides is 1. The van der Waals surface area contributed by atoms with E-state index in [0.717, 1.165) is 0 Å². The molecule has 0 aliphatic heterocycles. The van der Waals surface area contributed by atoms with Crippen molar-refractivity contribution in [1.82, 2.24) is 9.62 Å². The number of hydrogen-bond donors (Lipinski definition) is 2. The Kier molecular flexibility index (Phi) is 7.17. The molecular weight excluding hydrogens is 402 g/mol. The van der Waals surface area contributed by atoms with Gasteiger partial charge in [-0.25, -0.2) is 13.1 Å². The lowest BCUT2D eigenvalue weighted by Crippen LogP contribution is -2.35. The molecule has 0 aliphatic rings. The van der Waals surface area contributed by atoms with Crippen LogP contribution in [0.25, 0.3) is 0 Å². The van der Waals surface area contributed by atoms with Gasteiger partial charge >= 0.3 is 0 Å². The SMILES string of the molecule is CC(C)NS(=O)(=O)c1ccc(C(=O)N(C)CC(=O)Nc2cccc(Cl)c2)cc1. The Morgan fingerprint density at radius 1 is 1.11 bits per heavy atom. The number of amides is 2. The van der Waals surface area contributed by atoms with E-state index >= 15 is 0 Å². The molecule has 2 aromatic rings. The quantitative estimate of drug-likeness (QED) is 0.715. The van der Waals surface area contributed by atoms with Crippen LogP contribution in [0.1, 0.15) is 24.2 Å². The maximum atomic E-state index is 12.5. The average Bonchev–Trinajstić information content (AvgIpc) is 2.60. The van der Waals surface area contributed by atoms with Crippen LogP contribution in [-0.2, 0) is 14.8 Å². The molecule has 28 heavy (non-hydrogen) atoms. The normalized spacial score (nSPS) is 11.3. The van der Waals surface area contributed by atoms with Crippen LogP contribution in [0.2, 0.25) is 5.02 Å². The molecule has 0 bridgehead atoms. The molecule has 0 aliphatic carbocycles. The molecule has 2 aromatic carbocycles. The lowest BCUT2D eigenvalue weighted by molar-refractivity contribution is -0.116. The Hall–Kier alpha value is -2.42. The molecule has 0 unspecified atom stereocenters. The highest BCUT2D eigenvalue weighted by Gasteiger charge is 2.18. The van der Waals surface area contributed by atoms with E-state index in [1.54, 1.807) is 38.1 Å². The number of nitrogens with one attached hydrogen (secondary N) is 2. The Morgan fingerprint density at radius 3 is 2.32 bits per heavy atom. The lowest BCUT2D eigenvalue weighted by Gasteiger charge is -2.17. The third-order valence-corrected chi connectivity index (χ3v) is 5.55. The number of nitrogens with zero attached hydrogens (tertiary/aromatic N) is 1. The Balaban J connectivity index is 2.01. The van der Waals surface area contributed by atoms with E-state index < -0.39 is 15.9 Å². The predicted octanol–water partition coefficient (Wildman–Crippen LogP) is 2.74. The smallest absolute Gasteiger partial charge is 0.254 e. The van der Waals surface area contributed by atoms with Crippen LogP contribution < -0.4 is 10.0 Å². The number of halogens is 1. The second-order valence-electron chi connectivity index (χ2n) is 6.52. The molecule has 0 spiro atoms. The minimum atomic E-state index is -3.63. The minimum absolute atomic E-state index is 0.0686. The van der Waals surface area contributed by atoms with E-state index in [9.17, 15) is 18.0 Å². The van der Waals surface area contributed by atoms with Crippen molar-refractivity contribution in [2.75, 3.05) is 18.9 Å². The van der Waals surface area contributed by atoms with E-state index in [-0.39, 0.29) is 29.0 Å². The summed E-state index contributed by atoms with van der Waals surface area (Å²) >= 11 is 5.87. The van der Waals surface area contributed by atoms with Crippen molar-refractivity contribution in [2.45, 2.75) is 24.8 Å². The van der Waals surface area contributed by atoms with Crippen LogP contribution in [0, 0.1) is 0 Å². The van der Waals surface area contributed by atoms with Gasteiger partial charge in [0, 0.05) is 29.4 Å². The summed E-state index contributed by atoms with van der Waals surface area (Å²) in [6.07, 6.45) is 0. The summed E-state index contributed by atoms with van der Waals surface area (Å²) in [6, 6.07) is 12.0. The van der Waals surface area contributed by atoms with Crippen molar-refractivity contribution >= 4 is 39.1 Å². The van der Waals surface area contributed by atoms with Crippen LogP contribution in [0.3, 0.4) is 0 Å². The summed E-state index contributed by atoms with van der Waals surface area (Å²) in [5.41, 5.74) is 0.812. The van der Waals surface area contributed by atoms with Crippen molar-refractivity contribution in [1.29, 1.82) is 0 Å². The maximum absolute atomic E-state index is 12.5. The number of rotatable bonds is 7. The topological polar surface area (TPSA) is 95.6 Å². The fourth-order valence-electron chi connectivity index (χ4n) is 2.43. The minimum Gasteiger partial charge on any atom is -0.332 e. The van der Waals surface area contributed by atoms with E-state index in [0.29, 0.717) is 10.7 Å². The summed E-state index contributed by atoms with van der Waals surface area (Å²) in [5.74, 6) is -0.777. The third-order valence-electron chi connectivity index (χ3n) is 3.64. The molecule has 2 amide bonds. The molecule has 7 nitrogen and oxygen atoms in total. The first-order valence-corrected chi connectivity index (χ1v) is 10.4. The Bertz CT molecular complexity index is 959. The first-order chi connectivity index (χ1) is 13.1. The predicted molar refractivity (Wildman–Crippen MR) is 109 cm³/mol. The van der Waals surface area contributed by atoms with Crippen molar-refractivity contribution in [3.8, 4) is 0 Å². The van der Waals surface area contributed by atoms with E-state index in [1.807, 2.05) is 0 Å². The van der Waals surface area contributed by atoms with E-state index in [1.165, 1.54) is 36.2 Å². The molecule has 2 rings (SSSR count). The van der Waals surface area contributed by atoms with Gasteiger partial charge in [-0.3, -0.25) is 9.59 Å². The summed E-state index contributed by atoms with van der Waals surface area (Å²) < 4.78 is 26.7. The Labute approximate surface area is 169 Å². The van der Waals surface area contributed by atoms with Gasteiger partial charge in [-0.1, -0.05) is 17.7 Å². The molecule has 0 saturated heterocycles. The van der Waals surface area contributed by atoms with Gasteiger partial charge in [-0.05, 0) is 56.3 Å². The molecule has 0 heterocycles. The molecular formula is C19H22ClN3O4S. The largest absolute Gasteiger partial charge is 0.332 e. The molecule has 2 N–H and O–H groups in total. The van der Waals surface area contributed by atoms with Crippen molar-refractivity contribution < 1.29 is 18.0 Å². The molecule has 150 valence electrons. The molecule has 9 heteroatoms. The summed E-state index contributed by atoms with van der Waals surface area (Å²) in [7, 11) is -2.14.